The van der Waals surface area contributed by atoms with Gasteiger partial charge in [0.05, 0.1) is 4.90 Å². The number of rotatable bonds is 6. The Kier molecular flexibility index (Phi) is 5.50. The number of unbranched alkanes of at least 4 members (excludes halogenated alkanes) is 2. The number of nitrogens with one attached hydrogen (secondary N) is 1. The molecule has 1 aromatic carbocycles. The van der Waals surface area contributed by atoms with E-state index < -0.39 is 10.0 Å². The number of amides is 1. The average Bonchev–Trinajstić information content (AvgIpc) is 2.31. The molecule has 0 aromatic heterocycles. The highest BCUT2D eigenvalue weighted by molar-refractivity contribution is 7.89. The van der Waals surface area contributed by atoms with Gasteiger partial charge in [0, 0.05) is 12.1 Å². The van der Waals surface area contributed by atoms with Crippen LogP contribution in [0.25, 0.3) is 0 Å². The summed E-state index contributed by atoms with van der Waals surface area (Å²) in [4.78, 5) is 11.7. The topological polar surface area (TPSA) is 89.3 Å². The van der Waals surface area contributed by atoms with Crippen molar-refractivity contribution in [1.29, 1.82) is 0 Å². The van der Waals surface area contributed by atoms with Gasteiger partial charge in [0.15, 0.2) is 0 Å². The van der Waals surface area contributed by atoms with Gasteiger partial charge in [0.25, 0.3) is 0 Å². The molecule has 0 atom stereocenters. The number of hydrogen-bond acceptors (Lipinski definition) is 3. The number of aryl methyl sites for hydroxylation is 1. The predicted molar refractivity (Wildman–Crippen MR) is 75.3 cm³/mol. The van der Waals surface area contributed by atoms with Crippen LogP contribution in [0.5, 0.6) is 0 Å². The van der Waals surface area contributed by atoms with E-state index in [1.165, 1.54) is 12.1 Å². The Morgan fingerprint density at radius 3 is 2.58 bits per heavy atom. The number of anilines is 1. The first-order valence-electron chi connectivity index (χ1n) is 6.28. The summed E-state index contributed by atoms with van der Waals surface area (Å²) in [6.45, 7) is 3.87. The Morgan fingerprint density at radius 1 is 1.32 bits per heavy atom. The van der Waals surface area contributed by atoms with Crippen molar-refractivity contribution >= 4 is 21.6 Å². The van der Waals surface area contributed by atoms with Gasteiger partial charge in [0.1, 0.15) is 0 Å². The van der Waals surface area contributed by atoms with E-state index in [2.05, 4.69) is 12.2 Å². The maximum atomic E-state index is 11.7. The largest absolute Gasteiger partial charge is 0.326 e. The normalized spacial score (nSPS) is 11.3. The minimum atomic E-state index is -3.75. The van der Waals surface area contributed by atoms with Crippen LogP contribution in [0.3, 0.4) is 0 Å². The van der Waals surface area contributed by atoms with Gasteiger partial charge in [-0.15, -0.1) is 0 Å². The molecule has 0 saturated carbocycles. The summed E-state index contributed by atoms with van der Waals surface area (Å²) in [5.74, 6) is -0.108. The highest BCUT2D eigenvalue weighted by Gasteiger charge is 2.11. The number of primary sulfonamides is 1. The van der Waals surface area contributed by atoms with Gasteiger partial charge in [-0.1, -0.05) is 25.8 Å². The first kappa shape index (κ1) is 15.7. The summed E-state index contributed by atoms with van der Waals surface area (Å²) < 4.78 is 22.5. The van der Waals surface area contributed by atoms with Crippen molar-refractivity contribution in [2.45, 2.75) is 44.4 Å². The van der Waals surface area contributed by atoms with Crippen molar-refractivity contribution in [1.82, 2.24) is 0 Å². The monoisotopic (exact) mass is 284 g/mol. The van der Waals surface area contributed by atoms with Crippen LogP contribution >= 0.6 is 0 Å². The first-order chi connectivity index (χ1) is 8.84. The second kappa shape index (κ2) is 6.68. The molecule has 3 N–H and O–H groups in total. The lowest BCUT2D eigenvalue weighted by atomic mass is 10.1. The SMILES string of the molecule is CCCCCC(=O)Nc1cc(S(N)(=O)=O)ccc1C. The van der Waals surface area contributed by atoms with Gasteiger partial charge >= 0.3 is 0 Å². The van der Waals surface area contributed by atoms with Crippen LogP contribution in [0, 0.1) is 6.92 Å². The Bertz CT molecular complexity index is 553. The third-order valence-corrected chi connectivity index (χ3v) is 3.73. The van der Waals surface area contributed by atoms with Gasteiger partial charge in [-0.25, -0.2) is 13.6 Å². The number of sulfonamides is 1. The zero-order valence-corrected chi connectivity index (χ0v) is 12.1. The lowest BCUT2D eigenvalue weighted by Crippen LogP contribution is -2.15. The molecule has 0 radical (unpaired) electrons. The quantitative estimate of drug-likeness (QED) is 0.784. The van der Waals surface area contributed by atoms with Crippen molar-refractivity contribution in [3.05, 3.63) is 23.8 Å². The van der Waals surface area contributed by atoms with Crippen LogP contribution in [0.4, 0.5) is 5.69 Å². The summed E-state index contributed by atoms with van der Waals surface area (Å²) in [7, 11) is -3.75. The summed E-state index contributed by atoms with van der Waals surface area (Å²) in [6.07, 6.45) is 3.32. The van der Waals surface area contributed by atoms with Crippen LogP contribution < -0.4 is 10.5 Å². The number of nitrogens with two attached hydrogens (primary N) is 1. The van der Waals surface area contributed by atoms with Gasteiger partial charge in [0.2, 0.25) is 15.9 Å². The molecular weight excluding hydrogens is 264 g/mol. The summed E-state index contributed by atoms with van der Waals surface area (Å²) in [5, 5.41) is 7.79. The number of hydrogen-bond donors (Lipinski definition) is 2. The molecule has 0 spiro atoms. The van der Waals surface area contributed by atoms with Crippen molar-refractivity contribution in [2.24, 2.45) is 5.14 Å². The fourth-order valence-electron chi connectivity index (χ4n) is 1.66. The minimum Gasteiger partial charge on any atom is -0.326 e. The van der Waals surface area contributed by atoms with E-state index in [4.69, 9.17) is 5.14 Å². The van der Waals surface area contributed by atoms with E-state index in [1.807, 2.05) is 0 Å². The molecule has 0 aliphatic heterocycles. The van der Waals surface area contributed by atoms with Crippen LogP contribution in [-0.4, -0.2) is 14.3 Å². The maximum absolute atomic E-state index is 11.7. The zero-order valence-electron chi connectivity index (χ0n) is 11.3. The Hall–Kier alpha value is -1.40. The molecule has 0 aliphatic rings. The molecule has 1 aromatic rings. The molecule has 1 amide bonds. The van der Waals surface area contributed by atoms with E-state index in [9.17, 15) is 13.2 Å². The Balaban J connectivity index is 2.80. The lowest BCUT2D eigenvalue weighted by Gasteiger charge is -2.09. The molecule has 1 rings (SSSR count). The van der Waals surface area contributed by atoms with Crippen molar-refractivity contribution < 1.29 is 13.2 Å². The average molecular weight is 284 g/mol. The summed E-state index contributed by atoms with van der Waals surface area (Å²) in [6, 6.07) is 4.45. The Morgan fingerprint density at radius 2 is 2.00 bits per heavy atom. The molecular formula is C13H20N2O3S. The zero-order chi connectivity index (χ0) is 14.5. The van der Waals surface area contributed by atoms with Crippen LogP contribution in [0.1, 0.15) is 38.2 Å². The summed E-state index contributed by atoms with van der Waals surface area (Å²) in [5.41, 5.74) is 1.30. The van der Waals surface area contributed by atoms with E-state index in [1.54, 1.807) is 13.0 Å². The van der Waals surface area contributed by atoms with Gasteiger partial charge in [-0.05, 0) is 31.0 Å². The molecule has 106 valence electrons. The number of carbonyl (C=O) groups excluding carboxylic acids is 1. The second-order valence-corrected chi connectivity index (χ2v) is 6.09. The third kappa shape index (κ3) is 5.00. The molecule has 19 heavy (non-hydrogen) atoms. The lowest BCUT2D eigenvalue weighted by molar-refractivity contribution is -0.116. The van der Waals surface area contributed by atoms with E-state index in [0.717, 1.165) is 24.8 Å². The number of carbonyl (C=O) groups is 1. The maximum Gasteiger partial charge on any atom is 0.238 e. The molecule has 0 aliphatic carbocycles. The molecule has 0 fully saturated rings. The molecule has 0 heterocycles. The fraction of sp³-hybridized carbons (Fsp3) is 0.462. The first-order valence-corrected chi connectivity index (χ1v) is 7.82. The van der Waals surface area contributed by atoms with Crippen LogP contribution in [0.15, 0.2) is 23.1 Å². The fourth-order valence-corrected chi connectivity index (χ4v) is 2.20. The standard InChI is InChI=1S/C13H20N2O3S/c1-3-4-5-6-13(16)15-12-9-11(19(14,17)18)8-7-10(12)2/h7-9H,3-6H2,1-2H3,(H,15,16)(H2,14,17,18). The minimum absolute atomic E-state index is 0.00181. The van der Waals surface area contributed by atoms with Gasteiger partial charge < -0.3 is 5.32 Å². The van der Waals surface area contributed by atoms with E-state index >= 15 is 0 Å². The highest BCUT2D eigenvalue weighted by Crippen LogP contribution is 2.19. The second-order valence-electron chi connectivity index (χ2n) is 4.53. The van der Waals surface area contributed by atoms with Crippen molar-refractivity contribution in [3.63, 3.8) is 0 Å². The Labute approximate surface area is 114 Å². The van der Waals surface area contributed by atoms with Gasteiger partial charge in [-0.3, -0.25) is 4.79 Å². The molecule has 6 heteroatoms. The van der Waals surface area contributed by atoms with Gasteiger partial charge in [-0.2, -0.15) is 0 Å². The molecule has 0 saturated heterocycles. The van der Waals surface area contributed by atoms with E-state index in [-0.39, 0.29) is 10.8 Å². The predicted octanol–water partition coefficient (Wildman–Crippen LogP) is 2.16. The highest BCUT2D eigenvalue weighted by atomic mass is 32.2. The molecule has 0 bridgehead atoms. The third-order valence-electron chi connectivity index (χ3n) is 2.82. The van der Waals surface area contributed by atoms with Crippen molar-refractivity contribution in [2.75, 3.05) is 5.32 Å². The summed E-state index contributed by atoms with van der Waals surface area (Å²) >= 11 is 0. The van der Waals surface area contributed by atoms with Crippen molar-refractivity contribution in [3.8, 4) is 0 Å². The van der Waals surface area contributed by atoms with E-state index in [0.29, 0.717) is 12.1 Å². The van der Waals surface area contributed by atoms with Crippen LogP contribution in [-0.2, 0) is 14.8 Å². The van der Waals surface area contributed by atoms with Crippen LogP contribution in [0.2, 0.25) is 0 Å². The smallest absolute Gasteiger partial charge is 0.238 e. The number of benzene rings is 1. The molecule has 0 unspecified atom stereocenters. The molecule has 5 nitrogen and oxygen atoms in total.